The Balaban J connectivity index is 1.42. The van der Waals surface area contributed by atoms with Crippen molar-refractivity contribution in [1.29, 1.82) is 0 Å². The Morgan fingerprint density at radius 3 is 2.53 bits per heavy atom. The van der Waals surface area contributed by atoms with Crippen LogP contribution in [-0.4, -0.2) is 31.4 Å². The average Bonchev–Trinajstić information content (AvgIpc) is 3.15. The number of hydrogen-bond donors (Lipinski definition) is 2. The fourth-order valence-electron chi connectivity index (χ4n) is 9.62. The van der Waals surface area contributed by atoms with E-state index in [9.17, 15) is 5.11 Å². The summed E-state index contributed by atoms with van der Waals surface area (Å²) in [4.78, 5) is 0. The lowest BCUT2D eigenvalue weighted by Crippen LogP contribution is -2.55. The maximum absolute atomic E-state index is 9.22. The molecule has 0 aliphatic heterocycles. The van der Waals surface area contributed by atoms with E-state index in [1.807, 2.05) is 7.11 Å². The van der Waals surface area contributed by atoms with Gasteiger partial charge < -0.3 is 15.2 Å². The topological polar surface area (TPSA) is 41.5 Å². The zero-order chi connectivity index (χ0) is 22.9. The average molecular weight is 446 g/mol. The standard InChI is InChI=1S/C29H51NO2/c1-6-23(32-5)9-7-20(2)25-11-12-26-24-10-8-21-19-22(30-17-18-31)13-15-28(21,3)27(24)14-16-29(25,26)4/h6,20-22,24-27,30-31H,7-19H2,1-5H3/b23-6+. The first-order valence-corrected chi connectivity index (χ1v) is 13.9. The quantitative estimate of drug-likeness (QED) is 0.416. The van der Waals surface area contributed by atoms with Crippen LogP contribution in [0.1, 0.15) is 98.3 Å². The molecule has 0 spiro atoms. The molecular weight excluding hydrogens is 394 g/mol. The highest BCUT2D eigenvalue weighted by atomic mass is 16.5. The third-order valence-electron chi connectivity index (χ3n) is 11.4. The Kier molecular flexibility index (Phi) is 7.67. The number of allylic oxidation sites excluding steroid dienone is 2. The molecule has 0 aromatic heterocycles. The first-order valence-electron chi connectivity index (χ1n) is 13.9. The number of aliphatic hydroxyl groups excluding tert-OH is 1. The van der Waals surface area contributed by atoms with Crippen LogP contribution in [0.25, 0.3) is 0 Å². The van der Waals surface area contributed by atoms with Gasteiger partial charge in [0, 0.05) is 19.0 Å². The molecule has 4 fully saturated rings. The molecule has 0 aromatic carbocycles. The second-order valence-corrected chi connectivity index (χ2v) is 12.5. The minimum atomic E-state index is 0.268. The summed E-state index contributed by atoms with van der Waals surface area (Å²) < 4.78 is 5.55. The van der Waals surface area contributed by atoms with Crippen LogP contribution >= 0.6 is 0 Å². The molecule has 0 bridgehead atoms. The van der Waals surface area contributed by atoms with Gasteiger partial charge in [-0.2, -0.15) is 0 Å². The van der Waals surface area contributed by atoms with E-state index in [4.69, 9.17) is 4.74 Å². The Morgan fingerprint density at radius 2 is 1.81 bits per heavy atom. The van der Waals surface area contributed by atoms with Gasteiger partial charge in [0.2, 0.25) is 0 Å². The second kappa shape index (κ2) is 9.98. The summed E-state index contributed by atoms with van der Waals surface area (Å²) >= 11 is 0. The van der Waals surface area contributed by atoms with Crippen LogP contribution in [0.4, 0.5) is 0 Å². The lowest BCUT2D eigenvalue weighted by atomic mass is 9.44. The highest BCUT2D eigenvalue weighted by Crippen LogP contribution is 2.68. The number of ether oxygens (including phenoxy) is 1. The third-order valence-corrected chi connectivity index (χ3v) is 11.4. The second-order valence-electron chi connectivity index (χ2n) is 12.5. The van der Waals surface area contributed by atoms with Gasteiger partial charge in [0.05, 0.1) is 19.5 Å². The van der Waals surface area contributed by atoms with Gasteiger partial charge in [-0.15, -0.1) is 0 Å². The van der Waals surface area contributed by atoms with Gasteiger partial charge in [-0.05, 0) is 124 Å². The van der Waals surface area contributed by atoms with Crippen molar-refractivity contribution in [2.75, 3.05) is 20.3 Å². The summed E-state index contributed by atoms with van der Waals surface area (Å²) in [6.07, 6.45) is 17.4. The molecule has 9 unspecified atom stereocenters. The SMILES string of the molecule is C/C=C(\CCC(C)C1CCC2C3CCC4CC(NCCO)CCC4(C)C3CCC12C)OC. The number of methoxy groups -OCH3 is 1. The maximum atomic E-state index is 9.22. The molecule has 4 aliphatic carbocycles. The van der Waals surface area contributed by atoms with Gasteiger partial charge in [-0.1, -0.05) is 20.8 Å². The summed E-state index contributed by atoms with van der Waals surface area (Å²) in [6, 6.07) is 0.636. The van der Waals surface area contributed by atoms with E-state index in [-0.39, 0.29) is 6.61 Å². The van der Waals surface area contributed by atoms with Crippen molar-refractivity contribution in [3.8, 4) is 0 Å². The highest BCUT2D eigenvalue weighted by Gasteiger charge is 2.60. The van der Waals surface area contributed by atoms with Gasteiger partial charge in [0.25, 0.3) is 0 Å². The van der Waals surface area contributed by atoms with Crippen LogP contribution in [-0.2, 0) is 4.74 Å². The van der Waals surface area contributed by atoms with E-state index in [0.29, 0.717) is 16.9 Å². The Labute approximate surface area is 198 Å². The van der Waals surface area contributed by atoms with E-state index in [1.54, 1.807) is 0 Å². The Hall–Kier alpha value is -0.540. The number of fused-ring (bicyclic) bond motifs is 5. The Bertz CT molecular complexity index is 662. The van der Waals surface area contributed by atoms with Crippen LogP contribution in [0.2, 0.25) is 0 Å². The molecule has 0 amide bonds. The molecule has 0 radical (unpaired) electrons. The molecule has 184 valence electrons. The van der Waals surface area contributed by atoms with Crippen LogP contribution in [0.3, 0.4) is 0 Å². The smallest absolute Gasteiger partial charge is 0.0913 e. The van der Waals surface area contributed by atoms with Crippen molar-refractivity contribution in [3.05, 3.63) is 11.8 Å². The zero-order valence-electron chi connectivity index (χ0n) is 21.7. The van der Waals surface area contributed by atoms with Crippen LogP contribution in [0.5, 0.6) is 0 Å². The normalized spacial score (nSPS) is 45.0. The lowest BCUT2D eigenvalue weighted by Gasteiger charge is -2.61. The lowest BCUT2D eigenvalue weighted by molar-refractivity contribution is -0.118. The van der Waals surface area contributed by atoms with Crippen molar-refractivity contribution >= 4 is 0 Å². The highest BCUT2D eigenvalue weighted by molar-refractivity contribution is 5.10. The van der Waals surface area contributed by atoms with Gasteiger partial charge in [-0.25, -0.2) is 0 Å². The first-order chi connectivity index (χ1) is 15.4. The first kappa shape index (κ1) is 24.6. The number of aliphatic hydroxyl groups is 1. The predicted octanol–water partition coefficient (Wildman–Crippen LogP) is 6.56. The molecule has 2 N–H and O–H groups in total. The van der Waals surface area contributed by atoms with Gasteiger partial charge in [0.1, 0.15) is 0 Å². The number of nitrogens with one attached hydrogen (secondary N) is 1. The molecule has 0 aromatic rings. The maximum Gasteiger partial charge on any atom is 0.0913 e. The van der Waals surface area contributed by atoms with Gasteiger partial charge >= 0.3 is 0 Å². The van der Waals surface area contributed by atoms with Crippen molar-refractivity contribution < 1.29 is 9.84 Å². The fraction of sp³-hybridized carbons (Fsp3) is 0.931. The molecule has 3 heteroatoms. The van der Waals surface area contributed by atoms with Gasteiger partial charge in [0.15, 0.2) is 0 Å². The zero-order valence-corrected chi connectivity index (χ0v) is 21.7. The van der Waals surface area contributed by atoms with Crippen LogP contribution in [0, 0.1) is 46.3 Å². The fourth-order valence-corrected chi connectivity index (χ4v) is 9.62. The molecule has 0 saturated heterocycles. The van der Waals surface area contributed by atoms with E-state index in [1.165, 1.54) is 64.2 Å². The summed E-state index contributed by atoms with van der Waals surface area (Å²) in [5.74, 6) is 6.63. The summed E-state index contributed by atoms with van der Waals surface area (Å²) in [6.45, 7) is 11.0. The number of rotatable bonds is 8. The van der Waals surface area contributed by atoms with Crippen molar-refractivity contribution in [3.63, 3.8) is 0 Å². The van der Waals surface area contributed by atoms with E-state index in [0.717, 1.165) is 54.2 Å². The van der Waals surface area contributed by atoms with E-state index in [2.05, 4.69) is 39.1 Å². The molecule has 4 rings (SSSR count). The van der Waals surface area contributed by atoms with E-state index < -0.39 is 0 Å². The molecule has 9 atom stereocenters. The Morgan fingerprint density at radius 1 is 1.06 bits per heavy atom. The summed E-state index contributed by atoms with van der Waals surface area (Å²) in [5, 5.41) is 12.8. The molecular formula is C29H51NO2. The van der Waals surface area contributed by atoms with Crippen molar-refractivity contribution in [2.24, 2.45) is 46.3 Å². The summed E-state index contributed by atoms with van der Waals surface area (Å²) in [5.41, 5.74) is 1.12. The van der Waals surface area contributed by atoms with Crippen molar-refractivity contribution in [2.45, 2.75) is 104 Å². The molecule has 4 saturated carbocycles. The van der Waals surface area contributed by atoms with Crippen molar-refractivity contribution in [1.82, 2.24) is 5.32 Å². The van der Waals surface area contributed by atoms with E-state index >= 15 is 0 Å². The summed E-state index contributed by atoms with van der Waals surface area (Å²) in [7, 11) is 1.82. The number of hydrogen-bond acceptors (Lipinski definition) is 3. The minimum absolute atomic E-state index is 0.268. The minimum Gasteiger partial charge on any atom is -0.501 e. The molecule has 3 nitrogen and oxygen atoms in total. The molecule has 4 aliphatic rings. The molecule has 0 heterocycles. The van der Waals surface area contributed by atoms with Crippen LogP contribution < -0.4 is 5.32 Å². The monoisotopic (exact) mass is 445 g/mol. The van der Waals surface area contributed by atoms with Crippen LogP contribution in [0.15, 0.2) is 11.8 Å². The third kappa shape index (κ3) is 4.30. The van der Waals surface area contributed by atoms with Gasteiger partial charge in [-0.3, -0.25) is 0 Å². The predicted molar refractivity (Wildman–Crippen MR) is 133 cm³/mol. The largest absolute Gasteiger partial charge is 0.501 e. The molecule has 32 heavy (non-hydrogen) atoms.